The van der Waals surface area contributed by atoms with Gasteiger partial charge in [-0.25, -0.2) is 9.78 Å². The fourth-order valence-corrected chi connectivity index (χ4v) is 3.12. The second kappa shape index (κ2) is 6.04. The van der Waals surface area contributed by atoms with E-state index >= 15 is 0 Å². The molecule has 1 aromatic heterocycles. The van der Waals surface area contributed by atoms with Crippen LogP contribution in [0.5, 0.6) is 0 Å². The van der Waals surface area contributed by atoms with Crippen LogP contribution < -0.4 is 5.32 Å². The molecule has 2 aromatic rings. The van der Waals surface area contributed by atoms with Gasteiger partial charge in [-0.3, -0.25) is 0 Å². The Labute approximate surface area is 135 Å². The Bertz CT molecular complexity index is 712. The number of carbonyl (C=O) groups is 1. The van der Waals surface area contributed by atoms with Crippen LogP contribution in [0.3, 0.4) is 0 Å². The van der Waals surface area contributed by atoms with Crippen LogP contribution in [0.15, 0.2) is 36.7 Å². The van der Waals surface area contributed by atoms with Crippen LogP contribution in [0.4, 0.5) is 4.79 Å². The van der Waals surface area contributed by atoms with Gasteiger partial charge in [-0.15, -0.1) is 0 Å². The molecule has 1 aliphatic rings. The van der Waals surface area contributed by atoms with Crippen molar-refractivity contribution in [3.05, 3.63) is 53.6 Å². The average Bonchev–Trinajstić information content (AvgIpc) is 3.12. The molecule has 1 fully saturated rings. The number of rotatable bonds is 3. The minimum absolute atomic E-state index is 0.169. The van der Waals surface area contributed by atoms with Gasteiger partial charge in [0.1, 0.15) is 11.4 Å². The van der Waals surface area contributed by atoms with Crippen molar-refractivity contribution in [3.63, 3.8) is 0 Å². The van der Waals surface area contributed by atoms with Crippen molar-refractivity contribution >= 4 is 6.03 Å². The fraction of sp³-hybridized carbons (Fsp3) is 0.412. The van der Waals surface area contributed by atoms with E-state index in [-0.39, 0.29) is 6.03 Å². The monoisotopic (exact) mass is 314 g/mol. The van der Waals surface area contributed by atoms with Gasteiger partial charge in [0.25, 0.3) is 0 Å². The minimum atomic E-state index is -0.966. The molecular formula is C17H22N4O2. The number of hydrogen-bond donors (Lipinski definition) is 2. The van der Waals surface area contributed by atoms with Crippen molar-refractivity contribution in [2.75, 3.05) is 13.1 Å². The molecule has 0 unspecified atom stereocenters. The van der Waals surface area contributed by atoms with Crippen molar-refractivity contribution < 1.29 is 9.90 Å². The number of urea groups is 1. The number of amides is 2. The van der Waals surface area contributed by atoms with E-state index in [4.69, 9.17) is 0 Å². The second-order valence-corrected chi connectivity index (χ2v) is 6.13. The first-order chi connectivity index (χ1) is 11.0. The van der Waals surface area contributed by atoms with Gasteiger partial charge in [0.2, 0.25) is 0 Å². The number of benzene rings is 1. The molecule has 0 saturated carbocycles. The number of nitrogens with one attached hydrogen (secondary N) is 1. The summed E-state index contributed by atoms with van der Waals surface area (Å²) in [7, 11) is 1.89. The summed E-state index contributed by atoms with van der Waals surface area (Å²) < 4.78 is 1.87. The summed E-state index contributed by atoms with van der Waals surface area (Å²) in [5, 5.41) is 13.8. The van der Waals surface area contributed by atoms with Gasteiger partial charge < -0.3 is 19.9 Å². The lowest BCUT2D eigenvalue weighted by molar-refractivity contribution is 0.0487. The third-order valence-corrected chi connectivity index (χ3v) is 4.50. The van der Waals surface area contributed by atoms with E-state index in [1.165, 1.54) is 0 Å². The first-order valence-corrected chi connectivity index (χ1v) is 7.77. The van der Waals surface area contributed by atoms with Gasteiger partial charge in [-0.1, -0.05) is 24.3 Å². The largest absolute Gasteiger partial charge is 0.383 e. The Morgan fingerprint density at radius 3 is 2.91 bits per heavy atom. The fourth-order valence-electron chi connectivity index (χ4n) is 3.12. The van der Waals surface area contributed by atoms with Crippen LogP contribution in [-0.2, 0) is 19.2 Å². The van der Waals surface area contributed by atoms with Crippen molar-refractivity contribution in [3.8, 4) is 0 Å². The first-order valence-electron chi connectivity index (χ1n) is 7.77. The quantitative estimate of drug-likeness (QED) is 0.902. The van der Waals surface area contributed by atoms with Gasteiger partial charge in [0.05, 0.1) is 13.1 Å². The average molecular weight is 314 g/mol. The number of likely N-dealkylation sites (tertiary alicyclic amines) is 1. The van der Waals surface area contributed by atoms with Gasteiger partial charge in [0.15, 0.2) is 0 Å². The molecule has 0 radical (unpaired) electrons. The zero-order valence-electron chi connectivity index (χ0n) is 13.5. The summed E-state index contributed by atoms with van der Waals surface area (Å²) in [5.41, 5.74) is 0.982. The molecular weight excluding hydrogens is 292 g/mol. The molecule has 1 aliphatic heterocycles. The summed E-state index contributed by atoms with van der Waals surface area (Å²) in [5.74, 6) is 0.798. The molecule has 2 heterocycles. The van der Waals surface area contributed by atoms with E-state index in [0.29, 0.717) is 26.1 Å². The molecule has 0 bridgehead atoms. The predicted octanol–water partition coefficient (Wildman–Crippen LogP) is 1.53. The van der Waals surface area contributed by atoms with Crippen LogP contribution in [0.1, 0.15) is 23.4 Å². The van der Waals surface area contributed by atoms with Crippen molar-refractivity contribution in [2.45, 2.75) is 25.5 Å². The Morgan fingerprint density at radius 1 is 1.43 bits per heavy atom. The maximum Gasteiger partial charge on any atom is 0.317 e. The molecule has 6 heteroatoms. The first kappa shape index (κ1) is 15.6. The van der Waals surface area contributed by atoms with Crippen LogP contribution >= 0.6 is 0 Å². The highest BCUT2D eigenvalue weighted by Gasteiger charge is 2.40. The highest BCUT2D eigenvalue weighted by Crippen LogP contribution is 2.33. The van der Waals surface area contributed by atoms with E-state index in [2.05, 4.69) is 10.3 Å². The summed E-state index contributed by atoms with van der Waals surface area (Å²) in [6.07, 6.45) is 4.09. The van der Waals surface area contributed by atoms with Gasteiger partial charge in [0, 0.05) is 26.0 Å². The topological polar surface area (TPSA) is 70.4 Å². The summed E-state index contributed by atoms with van der Waals surface area (Å²) >= 11 is 0. The van der Waals surface area contributed by atoms with Crippen molar-refractivity contribution in [1.82, 2.24) is 19.8 Å². The van der Waals surface area contributed by atoms with Crippen LogP contribution in [0, 0.1) is 6.92 Å². The highest BCUT2D eigenvalue weighted by atomic mass is 16.3. The number of imidazole rings is 1. The Morgan fingerprint density at radius 2 is 2.22 bits per heavy atom. The molecule has 23 heavy (non-hydrogen) atoms. The van der Waals surface area contributed by atoms with Crippen molar-refractivity contribution in [1.29, 1.82) is 0 Å². The van der Waals surface area contributed by atoms with Crippen LogP contribution in [0.25, 0.3) is 0 Å². The van der Waals surface area contributed by atoms with Crippen LogP contribution in [-0.4, -0.2) is 38.7 Å². The number of aromatic nitrogens is 2. The van der Waals surface area contributed by atoms with Gasteiger partial charge in [-0.05, 0) is 24.5 Å². The molecule has 2 N–H and O–H groups in total. The second-order valence-electron chi connectivity index (χ2n) is 6.13. The Hall–Kier alpha value is -2.34. The summed E-state index contributed by atoms with van der Waals surface area (Å²) in [6, 6.07) is 7.62. The number of aliphatic hydroxyl groups is 1. The smallest absolute Gasteiger partial charge is 0.317 e. The third-order valence-electron chi connectivity index (χ3n) is 4.50. The van der Waals surface area contributed by atoms with Crippen LogP contribution in [0.2, 0.25) is 0 Å². The number of carbonyl (C=O) groups excluding carboxylic acids is 1. The van der Waals surface area contributed by atoms with Crippen molar-refractivity contribution in [2.24, 2.45) is 7.05 Å². The molecule has 3 rings (SSSR count). The number of aryl methyl sites for hydroxylation is 2. The Balaban J connectivity index is 1.64. The maximum atomic E-state index is 12.3. The van der Waals surface area contributed by atoms with E-state index in [1.54, 1.807) is 11.1 Å². The molecule has 1 aromatic carbocycles. The lowest BCUT2D eigenvalue weighted by Crippen LogP contribution is -2.41. The zero-order chi connectivity index (χ0) is 16.4. The molecule has 0 spiro atoms. The summed E-state index contributed by atoms with van der Waals surface area (Å²) in [4.78, 5) is 18.2. The van der Waals surface area contributed by atoms with E-state index in [1.807, 2.05) is 49.0 Å². The number of β-amino-alcohol motifs (C(OH)–C–C–N with tert-alkyl or cyclic N) is 1. The maximum absolute atomic E-state index is 12.3. The van der Waals surface area contributed by atoms with E-state index in [9.17, 15) is 9.90 Å². The highest BCUT2D eigenvalue weighted by molar-refractivity contribution is 5.74. The molecule has 1 saturated heterocycles. The number of nitrogens with zero attached hydrogens (tertiary/aromatic N) is 3. The molecule has 122 valence electrons. The molecule has 6 nitrogen and oxygen atoms in total. The lowest BCUT2D eigenvalue weighted by Gasteiger charge is -2.25. The van der Waals surface area contributed by atoms with Gasteiger partial charge in [-0.2, -0.15) is 0 Å². The number of hydrogen-bond acceptors (Lipinski definition) is 3. The van der Waals surface area contributed by atoms with E-state index in [0.717, 1.165) is 17.0 Å². The minimum Gasteiger partial charge on any atom is -0.383 e. The normalized spacial score (nSPS) is 20.7. The molecule has 2 amide bonds. The van der Waals surface area contributed by atoms with E-state index < -0.39 is 5.60 Å². The Kier molecular flexibility index (Phi) is 4.09. The lowest BCUT2D eigenvalue weighted by atomic mass is 9.89. The standard InChI is InChI=1S/C17H22N4O2/c1-13-5-3-4-6-14(13)17(23)7-9-21(12-17)16(22)19-11-15-18-8-10-20(15)2/h3-6,8,10,23H,7,9,11-12H2,1-2H3,(H,19,22)/t17-/m1/s1. The van der Waals surface area contributed by atoms with Gasteiger partial charge >= 0.3 is 6.03 Å². The SMILES string of the molecule is Cc1ccccc1[C@@]1(O)CCN(C(=O)NCc2nccn2C)C1. The molecule has 1 atom stereocenters. The summed E-state index contributed by atoms with van der Waals surface area (Å²) in [6.45, 7) is 3.21. The zero-order valence-corrected chi connectivity index (χ0v) is 13.5. The third kappa shape index (κ3) is 3.07. The molecule has 0 aliphatic carbocycles. The predicted molar refractivity (Wildman–Crippen MR) is 86.7 cm³/mol.